The number of amides is 1. The maximum atomic E-state index is 12.8. The van der Waals surface area contributed by atoms with Gasteiger partial charge in [-0.1, -0.05) is 0 Å². The molecule has 17 heavy (non-hydrogen) atoms. The highest BCUT2D eigenvalue weighted by molar-refractivity contribution is 5.70. The van der Waals surface area contributed by atoms with Crippen molar-refractivity contribution in [2.75, 3.05) is 13.1 Å². The average Bonchev–Trinajstić information content (AvgIpc) is 2.76. The fourth-order valence-electron chi connectivity index (χ4n) is 1.62. The van der Waals surface area contributed by atoms with Gasteiger partial charge in [0.25, 0.3) is 0 Å². The zero-order valence-electron chi connectivity index (χ0n) is 9.00. The Morgan fingerprint density at radius 3 is 2.88 bits per heavy atom. The van der Waals surface area contributed by atoms with Crippen molar-refractivity contribution in [2.24, 2.45) is 0 Å². The number of benzene rings is 1. The van der Waals surface area contributed by atoms with Crippen molar-refractivity contribution in [3.8, 4) is 5.75 Å². The van der Waals surface area contributed by atoms with Gasteiger partial charge in [-0.15, -0.1) is 0 Å². The van der Waals surface area contributed by atoms with Crippen LogP contribution in [0.5, 0.6) is 5.75 Å². The van der Waals surface area contributed by atoms with Crippen molar-refractivity contribution in [2.45, 2.75) is 12.5 Å². The van der Waals surface area contributed by atoms with Crippen LogP contribution in [-0.2, 0) is 0 Å². The van der Waals surface area contributed by atoms with Crippen molar-refractivity contribution in [3.05, 3.63) is 29.8 Å². The molecule has 1 aromatic rings. The molecule has 1 aliphatic heterocycles. The summed E-state index contributed by atoms with van der Waals surface area (Å²) in [7, 11) is 0. The first-order valence-electron chi connectivity index (χ1n) is 5.29. The Morgan fingerprint density at radius 2 is 2.24 bits per heavy atom. The second kappa shape index (κ2) is 5.09. The van der Waals surface area contributed by atoms with Crippen molar-refractivity contribution in [3.63, 3.8) is 0 Å². The van der Waals surface area contributed by atoms with E-state index in [0.717, 1.165) is 25.1 Å². The number of carbonyl (C=O) groups excluding carboxylic acids is 1. The standard InChI is InChI=1S/C11H12F2N2O2/c12-9-2-1-8(5-10(9)13)17-11(16)15-7-3-4-14-6-7/h1-2,5,7,14H,3-4,6H2,(H,15,16). The minimum Gasteiger partial charge on any atom is -0.410 e. The fraction of sp³-hybridized carbons (Fsp3) is 0.364. The van der Waals surface area contributed by atoms with E-state index >= 15 is 0 Å². The van der Waals surface area contributed by atoms with E-state index in [9.17, 15) is 13.6 Å². The zero-order chi connectivity index (χ0) is 12.3. The predicted octanol–water partition coefficient (Wildman–Crippen LogP) is 1.42. The lowest BCUT2D eigenvalue weighted by Crippen LogP contribution is -2.38. The largest absolute Gasteiger partial charge is 0.412 e. The highest BCUT2D eigenvalue weighted by Crippen LogP contribution is 2.15. The van der Waals surface area contributed by atoms with E-state index in [1.54, 1.807) is 0 Å². The molecule has 1 aliphatic rings. The normalized spacial score (nSPS) is 19.1. The Bertz CT molecular complexity index is 420. The Kier molecular flexibility index (Phi) is 3.53. The first-order chi connectivity index (χ1) is 8.15. The molecule has 92 valence electrons. The average molecular weight is 242 g/mol. The van der Waals surface area contributed by atoms with E-state index in [2.05, 4.69) is 10.6 Å². The first-order valence-corrected chi connectivity index (χ1v) is 5.29. The Balaban J connectivity index is 1.90. The van der Waals surface area contributed by atoms with Crippen molar-refractivity contribution in [1.82, 2.24) is 10.6 Å². The lowest BCUT2D eigenvalue weighted by Gasteiger charge is -2.11. The van der Waals surface area contributed by atoms with Crippen LogP contribution < -0.4 is 15.4 Å². The lowest BCUT2D eigenvalue weighted by molar-refractivity contribution is 0.196. The summed E-state index contributed by atoms with van der Waals surface area (Å²) in [5.41, 5.74) is 0. The van der Waals surface area contributed by atoms with E-state index in [1.807, 2.05) is 0 Å². The molecule has 4 nitrogen and oxygen atoms in total. The van der Waals surface area contributed by atoms with Gasteiger partial charge in [0.1, 0.15) is 5.75 Å². The van der Waals surface area contributed by atoms with Crippen molar-refractivity contribution in [1.29, 1.82) is 0 Å². The van der Waals surface area contributed by atoms with E-state index in [-0.39, 0.29) is 11.8 Å². The topological polar surface area (TPSA) is 50.4 Å². The Morgan fingerprint density at radius 1 is 1.41 bits per heavy atom. The summed E-state index contributed by atoms with van der Waals surface area (Å²) in [6.45, 7) is 1.53. The molecule has 2 N–H and O–H groups in total. The maximum absolute atomic E-state index is 12.8. The van der Waals surface area contributed by atoms with E-state index < -0.39 is 17.7 Å². The monoisotopic (exact) mass is 242 g/mol. The molecule has 1 heterocycles. The van der Waals surface area contributed by atoms with Gasteiger partial charge in [-0.25, -0.2) is 13.6 Å². The molecule has 1 amide bonds. The van der Waals surface area contributed by atoms with Gasteiger partial charge in [-0.3, -0.25) is 0 Å². The third kappa shape index (κ3) is 3.13. The van der Waals surface area contributed by atoms with Crippen LogP contribution in [0.1, 0.15) is 6.42 Å². The van der Waals surface area contributed by atoms with Gasteiger partial charge >= 0.3 is 6.09 Å². The third-order valence-electron chi connectivity index (χ3n) is 2.48. The SMILES string of the molecule is O=C(NC1CCNC1)Oc1ccc(F)c(F)c1. The number of rotatable bonds is 2. The highest BCUT2D eigenvalue weighted by atomic mass is 19.2. The van der Waals surface area contributed by atoms with Gasteiger partial charge < -0.3 is 15.4 Å². The number of halogens is 2. The molecule has 2 rings (SSSR count). The molecule has 0 radical (unpaired) electrons. The second-order valence-electron chi connectivity index (χ2n) is 3.80. The minimum absolute atomic E-state index is 0.0210. The smallest absolute Gasteiger partial charge is 0.410 e. The van der Waals surface area contributed by atoms with Gasteiger partial charge in [0.05, 0.1) is 0 Å². The highest BCUT2D eigenvalue weighted by Gasteiger charge is 2.17. The van der Waals surface area contributed by atoms with Crippen LogP contribution in [0, 0.1) is 11.6 Å². The van der Waals surface area contributed by atoms with E-state index in [0.29, 0.717) is 6.54 Å². The molecule has 1 atom stereocenters. The van der Waals surface area contributed by atoms with Crippen LogP contribution in [-0.4, -0.2) is 25.2 Å². The van der Waals surface area contributed by atoms with E-state index in [4.69, 9.17) is 4.74 Å². The molecule has 0 aliphatic carbocycles. The van der Waals surface area contributed by atoms with Crippen LogP contribution >= 0.6 is 0 Å². The van der Waals surface area contributed by atoms with Gasteiger partial charge in [-0.2, -0.15) is 0 Å². The summed E-state index contributed by atoms with van der Waals surface area (Å²) in [6, 6.07) is 2.97. The molecule has 1 fully saturated rings. The zero-order valence-corrected chi connectivity index (χ0v) is 9.00. The molecule has 0 saturated carbocycles. The van der Waals surface area contributed by atoms with Crippen LogP contribution in [0.15, 0.2) is 18.2 Å². The number of carbonyl (C=O) groups is 1. The summed E-state index contributed by atoms with van der Waals surface area (Å²) in [4.78, 5) is 11.4. The molecule has 0 spiro atoms. The quantitative estimate of drug-likeness (QED) is 0.824. The van der Waals surface area contributed by atoms with Gasteiger partial charge in [0.2, 0.25) is 0 Å². The Hall–Kier alpha value is -1.69. The maximum Gasteiger partial charge on any atom is 0.412 e. The Labute approximate surface area is 97.0 Å². The number of hydrogen-bond donors (Lipinski definition) is 2. The number of hydrogen-bond acceptors (Lipinski definition) is 3. The van der Waals surface area contributed by atoms with Crippen LogP contribution in [0.2, 0.25) is 0 Å². The molecule has 1 saturated heterocycles. The summed E-state index contributed by atoms with van der Waals surface area (Å²) >= 11 is 0. The third-order valence-corrected chi connectivity index (χ3v) is 2.48. The van der Waals surface area contributed by atoms with Gasteiger partial charge in [-0.05, 0) is 25.1 Å². The van der Waals surface area contributed by atoms with Crippen LogP contribution in [0.25, 0.3) is 0 Å². The van der Waals surface area contributed by atoms with E-state index in [1.165, 1.54) is 6.07 Å². The van der Waals surface area contributed by atoms with Crippen LogP contribution in [0.4, 0.5) is 13.6 Å². The molecule has 0 aromatic heterocycles. The predicted molar refractivity (Wildman–Crippen MR) is 56.8 cm³/mol. The molecule has 1 unspecified atom stereocenters. The van der Waals surface area contributed by atoms with Crippen molar-refractivity contribution >= 4 is 6.09 Å². The molecular weight excluding hydrogens is 230 g/mol. The summed E-state index contributed by atoms with van der Waals surface area (Å²) in [5, 5.41) is 5.70. The molecule has 0 bridgehead atoms. The summed E-state index contributed by atoms with van der Waals surface area (Å²) in [6.07, 6.45) is 0.164. The van der Waals surface area contributed by atoms with Crippen molar-refractivity contribution < 1.29 is 18.3 Å². The second-order valence-corrected chi connectivity index (χ2v) is 3.80. The molecule has 6 heteroatoms. The first kappa shape index (κ1) is 11.8. The van der Waals surface area contributed by atoms with Gasteiger partial charge in [0.15, 0.2) is 11.6 Å². The van der Waals surface area contributed by atoms with Crippen LogP contribution in [0.3, 0.4) is 0 Å². The fourth-order valence-corrected chi connectivity index (χ4v) is 1.62. The van der Waals surface area contributed by atoms with Gasteiger partial charge in [0, 0.05) is 18.7 Å². The number of ether oxygens (including phenoxy) is 1. The molecular formula is C11H12F2N2O2. The summed E-state index contributed by atoms with van der Waals surface area (Å²) in [5.74, 6) is -2.04. The molecule has 1 aromatic carbocycles. The minimum atomic E-state index is -1.04. The summed E-state index contributed by atoms with van der Waals surface area (Å²) < 4.78 is 30.3. The number of nitrogens with one attached hydrogen (secondary N) is 2. The lowest BCUT2D eigenvalue weighted by atomic mass is 10.3.